The first-order valence-corrected chi connectivity index (χ1v) is 5.31. The number of hydrogen-bond donors (Lipinski definition) is 1. The molecule has 1 aromatic carbocycles. The molecule has 0 aliphatic heterocycles. The molecule has 0 aliphatic rings. The summed E-state index contributed by atoms with van der Waals surface area (Å²) in [5, 5.41) is 19.7. The van der Waals surface area contributed by atoms with Gasteiger partial charge < -0.3 is 10.0 Å². The highest BCUT2D eigenvalue weighted by Crippen LogP contribution is 2.22. The third kappa shape index (κ3) is 3.44. The molecule has 0 aromatic heterocycles. The molecule has 19 heavy (non-hydrogen) atoms. The van der Waals surface area contributed by atoms with E-state index in [9.17, 15) is 23.7 Å². The van der Waals surface area contributed by atoms with Gasteiger partial charge in [0.25, 0.3) is 5.91 Å². The number of aliphatic hydroxyl groups is 1. The van der Waals surface area contributed by atoms with E-state index in [4.69, 9.17) is 5.11 Å². The Morgan fingerprint density at radius 1 is 1.47 bits per heavy atom. The number of carbonyl (C=O) groups is 1. The van der Waals surface area contributed by atoms with Crippen LogP contribution in [0.25, 0.3) is 0 Å². The lowest BCUT2D eigenvalue weighted by molar-refractivity contribution is -0.387. The Bertz CT molecular complexity index is 520. The van der Waals surface area contributed by atoms with Crippen molar-refractivity contribution in [1.82, 2.24) is 4.90 Å². The first-order valence-electron chi connectivity index (χ1n) is 5.31. The first-order chi connectivity index (χ1) is 8.73. The minimum Gasteiger partial charge on any atom is -0.392 e. The second-order valence-corrected chi connectivity index (χ2v) is 4.08. The number of amides is 1. The smallest absolute Gasteiger partial charge is 0.305 e. The molecule has 1 rings (SSSR count). The van der Waals surface area contributed by atoms with Gasteiger partial charge in [-0.05, 0) is 6.92 Å². The summed E-state index contributed by atoms with van der Waals surface area (Å²) in [6.45, 7) is 1.34. The SMILES string of the molecule is CC(O)CN(C)C(=O)c1cc([N+](=O)[O-])c(F)cc1F. The second kappa shape index (κ2) is 5.70. The molecule has 8 heteroatoms. The zero-order chi connectivity index (χ0) is 14.7. The number of nitrogens with zero attached hydrogens (tertiary/aromatic N) is 2. The van der Waals surface area contributed by atoms with Crippen molar-refractivity contribution in [1.29, 1.82) is 0 Å². The molecule has 0 aliphatic carbocycles. The molecule has 6 nitrogen and oxygen atoms in total. The highest BCUT2D eigenvalue weighted by molar-refractivity contribution is 5.95. The van der Waals surface area contributed by atoms with Gasteiger partial charge in [-0.25, -0.2) is 4.39 Å². The topological polar surface area (TPSA) is 83.7 Å². The van der Waals surface area contributed by atoms with Crippen molar-refractivity contribution < 1.29 is 23.6 Å². The van der Waals surface area contributed by atoms with Crippen molar-refractivity contribution >= 4 is 11.6 Å². The monoisotopic (exact) mass is 274 g/mol. The fraction of sp³-hybridized carbons (Fsp3) is 0.364. The summed E-state index contributed by atoms with van der Waals surface area (Å²) in [6, 6.07) is 0.840. The van der Waals surface area contributed by atoms with E-state index in [-0.39, 0.29) is 6.54 Å². The van der Waals surface area contributed by atoms with E-state index < -0.39 is 39.8 Å². The summed E-state index contributed by atoms with van der Waals surface area (Å²) in [6.07, 6.45) is -0.840. The number of benzene rings is 1. The molecule has 104 valence electrons. The third-order valence-electron chi connectivity index (χ3n) is 2.35. The number of aliphatic hydroxyl groups excluding tert-OH is 1. The van der Waals surface area contributed by atoms with Crippen molar-refractivity contribution in [2.45, 2.75) is 13.0 Å². The molecule has 1 amide bonds. The maximum Gasteiger partial charge on any atom is 0.305 e. The lowest BCUT2D eigenvalue weighted by Crippen LogP contribution is -2.33. The van der Waals surface area contributed by atoms with Crippen LogP contribution in [-0.2, 0) is 0 Å². The number of hydrogen-bond acceptors (Lipinski definition) is 4. The van der Waals surface area contributed by atoms with Crippen molar-refractivity contribution in [3.05, 3.63) is 39.4 Å². The first kappa shape index (κ1) is 15.0. The molecule has 0 radical (unpaired) electrons. The fourth-order valence-corrected chi connectivity index (χ4v) is 1.53. The number of nitro benzene ring substituents is 1. The van der Waals surface area contributed by atoms with Crippen LogP contribution in [0.15, 0.2) is 12.1 Å². The average molecular weight is 274 g/mol. The van der Waals surface area contributed by atoms with Gasteiger partial charge in [-0.1, -0.05) is 0 Å². The van der Waals surface area contributed by atoms with E-state index in [1.165, 1.54) is 14.0 Å². The normalized spacial score (nSPS) is 12.1. The summed E-state index contributed by atoms with van der Waals surface area (Å²) in [5.41, 5.74) is -1.59. The lowest BCUT2D eigenvalue weighted by atomic mass is 10.1. The van der Waals surface area contributed by atoms with Gasteiger partial charge in [0.15, 0.2) is 0 Å². The van der Waals surface area contributed by atoms with Gasteiger partial charge in [-0.15, -0.1) is 0 Å². The molecule has 1 unspecified atom stereocenters. The Kier molecular flexibility index (Phi) is 4.49. The number of nitro groups is 1. The number of likely N-dealkylation sites (N-methyl/N-ethyl adjacent to an activating group) is 1. The molecule has 0 saturated carbocycles. The minimum absolute atomic E-state index is 0.0799. The number of rotatable bonds is 4. The van der Waals surface area contributed by atoms with E-state index >= 15 is 0 Å². The van der Waals surface area contributed by atoms with Crippen LogP contribution in [0.3, 0.4) is 0 Å². The molecular formula is C11H12F2N2O4. The van der Waals surface area contributed by atoms with Gasteiger partial charge in [0, 0.05) is 25.7 Å². The quantitative estimate of drug-likeness (QED) is 0.663. The Labute approximate surface area is 107 Å². The molecule has 0 saturated heterocycles. The highest BCUT2D eigenvalue weighted by atomic mass is 19.1. The van der Waals surface area contributed by atoms with Gasteiger partial charge >= 0.3 is 5.69 Å². The third-order valence-corrected chi connectivity index (χ3v) is 2.35. The highest BCUT2D eigenvalue weighted by Gasteiger charge is 2.24. The number of halogens is 2. The molecule has 1 atom stereocenters. The molecular weight excluding hydrogens is 262 g/mol. The van der Waals surface area contributed by atoms with Crippen molar-refractivity contribution in [2.24, 2.45) is 0 Å². The summed E-state index contributed by atoms with van der Waals surface area (Å²) in [7, 11) is 1.30. The minimum atomic E-state index is -1.35. The van der Waals surface area contributed by atoms with E-state index in [0.717, 1.165) is 4.90 Å². The zero-order valence-electron chi connectivity index (χ0n) is 10.3. The van der Waals surface area contributed by atoms with Gasteiger partial charge in [-0.2, -0.15) is 4.39 Å². The average Bonchev–Trinajstić information content (AvgIpc) is 2.26. The van der Waals surface area contributed by atoms with Crippen LogP contribution in [-0.4, -0.2) is 40.5 Å². The summed E-state index contributed by atoms with van der Waals surface area (Å²) in [4.78, 5) is 22.3. The van der Waals surface area contributed by atoms with Crippen LogP contribution in [0, 0.1) is 21.7 Å². The van der Waals surface area contributed by atoms with E-state index in [2.05, 4.69) is 0 Å². The molecule has 0 bridgehead atoms. The Morgan fingerprint density at radius 2 is 2.05 bits per heavy atom. The van der Waals surface area contributed by atoms with Gasteiger partial charge in [0.05, 0.1) is 16.6 Å². The van der Waals surface area contributed by atoms with Crippen molar-refractivity contribution in [3.8, 4) is 0 Å². The Morgan fingerprint density at radius 3 is 2.53 bits per heavy atom. The standard InChI is InChI=1S/C11H12F2N2O4/c1-6(16)5-14(2)11(17)7-3-10(15(18)19)9(13)4-8(7)12/h3-4,6,16H,5H2,1-2H3. The maximum atomic E-state index is 13.5. The van der Waals surface area contributed by atoms with Gasteiger partial charge in [0.2, 0.25) is 5.82 Å². The van der Waals surface area contributed by atoms with Crippen LogP contribution >= 0.6 is 0 Å². The lowest BCUT2D eigenvalue weighted by Gasteiger charge is -2.19. The summed E-state index contributed by atoms with van der Waals surface area (Å²) < 4.78 is 26.6. The van der Waals surface area contributed by atoms with Crippen LogP contribution < -0.4 is 0 Å². The maximum absolute atomic E-state index is 13.5. The van der Waals surface area contributed by atoms with Gasteiger partial charge in [-0.3, -0.25) is 14.9 Å². The number of carbonyl (C=O) groups excluding carboxylic acids is 1. The molecule has 0 heterocycles. The van der Waals surface area contributed by atoms with Crippen LogP contribution in [0.4, 0.5) is 14.5 Å². The molecule has 1 N–H and O–H groups in total. The molecule has 0 fully saturated rings. The summed E-state index contributed by atoms with van der Waals surface area (Å²) in [5.74, 6) is -3.41. The Balaban J connectivity index is 3.16. The summed E-state index contributed by atoms with van der Waals surface area (Å²) >= 11 is 0. The predicted octanol–water partition coefficient (Wildman–Crippen LogP) is 1.33. The van der Waals surface area contributed by atoms with Crippen LogP contribution in [0.1, 0.15) is 17.3 Å². The molecule has 0 spiro atoms. The van der Waals surface area contributed by atoms with Crippen molar-refractivity contribution in [3.63, 3.8) is 0 Å². The Hall–Kier alpha value is -2.09. The van der Waals surface area contributed by atoms with Crippen molar-refractivity contribution in [2.75, 3.05) is 13.6 Å². The largest absolute Gasteiger partial charge is 0.392 e. The van der Waals surface area contributed by atoms with Crippen LogP contribution in [0.2, 0.25) is 0 Å². The van der Waals surface area contributed by atoms with E-state index in [0.29, 0.717) is 12.1 Å². The van der Waals surface area contributed by atoms with Crippen LogP contribution in [0.5, 0.6) is 0 Å². The zero-order valence-corrected chi connectivity index (χ0v) is 10.3. The van der Waals surface area contributed by atoms with E-state index in [1.807, 2.05) is 0 Å². The van der Waals surface area contributed by atoms with E-state index in [1.54, 1.807) is 0 Å². The second-order valence-electron chi connectivity index (χ2n) is 4.08. The molecule has 1 aromatic rings. The van der Waals surface area contributed by atoms with Gasteiger partial charge in [0.1, 0.15) is 5.82 Å². The predicted molar refractivity (Wildman–Crippen MR) is 61.7 cm³/mol. The fourth-order valence-electron chi connectivity index (χ4n) is 1.53.